The Balaban J connectivity index is 1.37. The first-order valence-electron chi connectivity index (χ1n) is 10.7. The van der Waals surface area contributed by atoms with E-state index in [2.05, 4.69) is 40.7 Å². The summed E-state index contributed by atoms with van der Waals surface area (Å²) < 4.78 is 47.1. The maximum Gasteiger partial charge on any atom is 0.573 e. The van der Waals surface area contributed by atoms with E-state index in [1.165, 1.54) is 12.1 Å². The first kappa shape index (κ1) is 24.6. The molecule has 3 heterocycles. The van der Waals surface area contributed by atoms with Gasteiger partial charge in [-0.05, 0) is 43.2 Å². The third-order valence-corrected chi connectivity index (χ3v) is 5.79. The van der Waals surface area contributed by atoms with Gasteiger partial charge < -0.3 is 19.7 Å². The molecule has 0 bridgehead atoms. The summed E-state index contributed by atoms with van der Waals surface area (Å²) in [5.74, 6) is -0.232. The van der Waals surface area contributed by atoms with Crippen molar-refractivity contribution in [2.75, 3.05) is 35.2 Å². The van der Waals surface area contributed by atoms with Gasteiger partial charge >= 0.3 is 6.36 Å². The largest absolute Gasteiger partial charge is 0.573 e. The minimum absolute atomic E-state index is 0.112. The molecule has 35 heavy (non-hydrogen) atoms. The number of carbonyl (C=O) groups excluding carboxylic acids is 1. The minimum atomic E-state index is -4.84. The lowest BCUT2D eigenvalue weighted by atomic mass is 10.1. The summed E-state index contributed by atoms with van der Waals surface area (Å²) in [5, 5.41) is 22.8. The number of aromatic nitrogens is 4. The predicted molar refractivity (Wildman–Crippen MR) is 122 cm³/mol. The molecule has 1 aliphatic heterocycles. The second kappa shape index (κ2) is 10.8. The Bertz CT molecular complexity index is 1130. The van der Waals surface area contributed by atoms with Crippen LogP contribution in [0.4, 0.5) is 29.3 Å². The van der Waals surface area contributed by atoms with Crippen LogP contribution in [-0.4, -0.2) is 58.4 Å². The third kappa shape index (κ3) is 6.76. The highest BCUT2D eigenvalue weighted by Gasteiger charge is 2.32. The molecule has 10 nitrogen and oxygen atoms in total. The number of ether oxygens (including phenoxy) is 2. The summed E-state index contributed by atoms with van der Waals surface area (Å²) in [5.41, 5.74) is 0.212. The number of hydrogen-bond donors (Lipinski definition) is 2. The average molecular weight is 510 g/mol. The van der Waals surface area contributed by atoms with Crippen molar-refractivity contribution < 1.29 is 27.4 Å². The lowest BCUT2D eigenvalue weighted by molar-refractivity contribution is -0.274. The van der Waals surface area contributed by atoms with Gasteiger partial charge in [-0.25, -0.2) is 0 Å². The van der Waals surface area contributed by atoms with Crippen molar-refractivity contribution in [1.29, 1.82) is 0 Å². The van der Waals surface area contributed by atoms with Gasteiger partial charge in [0.25, 0.3) is 5.91 Å². The van der Waals surface area contributed by atoms with Gasteiger partial charge in [-0.1, -0.05) is 23.5 Å². The van der Waals surface area contributed by atoms with Gasteiger partial charge in [0.1, 0.15) is 5.75 Å². The zero-order valence-electron chi connectivity index (χ0n) is 18.5. The molecule has 4 rings (SSSR count). The molecule has 3 aromatic rings. The van der Waals surface area contributed by atoms with Crippen LogP contribution in [0, 0.1) is 0 Å². The molecule has 1 amide bonds. The van der Waals surface area contributed by atoms with E-state index < -0.39 is 24.1 Å². The molecule has 2 aromatic heterocycles. The average Bonchev–Trinajstić information content (AvgIpc) is 3.47. The summed E-state index contributed by atoms with van der Waals surface area (Å²) in [6, 6.07) is 8.94. The van der Waals surface area contributed by atoms with Crippen LogP contribution < -0.4 is 20.3 Å². The highest BCUT2D eigenvalue weighted by atomic mass is 32.1. The molecular formula is C21H22F3N7O3S. The van der Waals surface area contributed by atoms with Gasteiger partial charge in [0, 0.05) is 31.9 Å². The fourth-order valence-electron chi connectivity index (χ4n) is 3.59. The number of anilines is 3. The van der Waals surface area contributed by atoms with Crippen molar-refractivity contribution in [1.82, 2.24) is 20.4 Å². The second-order valence-electron chi connectivity index (χ2n) is 7.52. The van der Waals surface area contributed by atoms with Gasteiger partial charge in [-0.15, -0.1) is 28.5 Å². The normalized spacial score (nSPS) is 16.7. The highest BCUT2D eigenvalue weighted by molar-refractivity contribution is 7.19. The zero-order chi connectivity index (χ0) is 24.8. The van der Waals surface area contributed by atoms with Gasteiger partial charge in [-0.2, -0.15) is 5.10 Å². The van der Waals surface area contributed by atoms with Crippen molar-refractivity contribution in [2.45, 2.75) is 31.9 Å². The molecule has 2 atom stereocenters. The molecule has 14 heteroatoms. The summed E-state index contributed by atoms with van der Waals surface area (Å²) in [7, 11) is 0. The summed E-state index contributed by atoms with van der Waals surface area (Å²) in [4.78, 5) is 15.0. The third-order valence-electron chi connectivity index (χ3n) is 5.02. The van der Waals surface area contributed by atoms with E-state index in [4.69, 9.17) is 4.74 Å². The fourth-order valence-corrected chi connectivity index (χ4v) is 4.31. The second-order valence-corrected chi connectivity index (χ2v) is 8.49. The van der Waals surface area contributed by atoms with Crippen LogP contribution >= 0.6 is 11.3 Å². The van der Waals surface area contributed by atoms with E-state index in [0.717, 1.165) is 42.3 Å². The van der Waals surface area contributed by atoms with E-state index in [9.17, 15) is 18.0 Å². The molecule has 1 aromatic carbocycles. The molecule has 186 valence electrons. The molecule has 1 aliphatic rings. The highest BCUT2D eigenvalue weighted by Crippen LogP contribution is 2.29. The van der Waals surface area contributed by atoms with Crippen LogP contribution in [0.1, 0.15) is 25.0 Å². The first-order chi connectivity index (χ1) is 16.8. The Labute approximate surface area is 202 Å². The molecular weight excluding hydrogens is 487 g/mol. The number of nitrogens with zero attached hydrogens (tertiary/aromatic N) is 5. The topological polar surface area (TPSA) is 114 Å². The molecule has 1 fully saturated rings. The number of carbonyl (C=O) groups is 1. The van der Waals surface area contributed by atoms with E-state index in [-0.39, 0.29) is 23.3 Å². The number of halogens is 3. The van der Waals surface area contributed by atoms with Crippen LogP contribution in [0.5, 0.6) is 5.75 Å². The summed E-state index contributed by atoms with van der Waals surface area (Å²) >= 11 is 1.15. The molecule has 0 radical (unpaired) electrons. The Morgan fingerprint density at radius 1 is 1.23 bits per heavy atom. The van der Waals surface area contributed by atoms with Crippen LogP contribution in [0.2, 0.25) is 0 Å². The number of benzene rings is 1. The number of amides is 1. The van der Waals surface area contributed by atoms with Crippen LogP contribution in [0.15, 0.2) is 42.6 Å². The predicted octanol–water partition coefficient (Wildman–Crippen LogP) is 3.63. The minimum Gasteiger partial charge on any atom is -0.406 e. The van der Waals surface area contributed by atoms with Gasteiger partial charge in [0.15, 0.2) is 11.9 Å². The number of nitrogens with one attached hydrogen (secondary N) is 2. The number of alkyl halides is 3. The maximum absolute atomic E-state index is 12.9. The molecule has 2 N–H and O–H groups in total. The SMILES string of the molecule is CCO[C@H](C(=O)Nc1nnc(N[C@@H]2CCN(c3cccnn3)C2)s1)c1cccc(OC(F)(F)F)c1. The van der Waals surface area contributed by atoms with Crippen molar-refractivity contribution >= 4 is 33.3 Å². The monoisotopic (exact) mass is 509 g/mol. The molecule has 0 aliphatic carbocycles. The van der Waals surface area contributed by atoms with Crippen molar-refractivity contribution in [2.24, 2.45) is 0 Å². The van der Waals surface area contributed by atoms with E-state index in [0.29, 0.717) is 11.7 Å². The Hall–Kier alpha value is -3.52. The summed E-state index contributed by atoms with van der Waals surface area (Å²) in [6.07, 6.45) is -3.52. The number of hydrogen-bond acceptors (Lipinski definition) is 10. The van der Waals surface area contributed by atoms with Crippen LogP contribution in [-0.2, 0) is 9.53 Å². The Morgan fingerprint density at radius 3 is 2.80 bits per heavy atom. The maximum atomic E-state index is 12.9. The zero-order valence-corrected chi connectivity index (χ0v) is 19.3. The number of rotatable bonds is 9. The Morgan fingerprint density at radius 2 is 2.06 bits per heavy atom. The van der Waals surface area contributed by atoms with E-state index in [1.54, 1.807) is 13.1 Å². The van der Waals surface area contributed by atoms with Crippen molar-refractivity contribution in [3.05, 3.63) is 48.2 Å². The quantitative estimate of drug-likeness (QED) is 0.446. The van der Waals surface area contributed by atoms with Crippen molar-refractivity contribution in [3.63, 3.8) is 0 Å². The molecule has 0 unspecified atom stereocenters. The Kier molecular flexibility index (Phi) is 7.60. The van der Waals surface area contributed by atoms with Gasteiger partial charge in [0.05, 0.1) is 0 Å². The smallest absolute Gasteiger partial charge is 0.406 e. The lowest BCUT2D eigenvalue weighted by Gasteiger charge is -2.17. The van der Waals surface area contributed by atoms with E-state index in [1.807, 2.05) is 12.1 Å². The first-order valence-corrected chi connectivity index (χ1v) is 11.5. The van der Waals surface area contributed by atoms with Crippen LogP contribution in [0.3, 0.4) is 0 Å². The van der Waals surface area contributed by atoms with Crippen LogP contribution in [0.25, 0.3) is 0 Å². The summed E-state index contributed by atoms with van der Waals surface area (Å²) in [6.45, 7) is 3.36. The van der Waals surface area contributed by atoms with E-state index >= 15 is 0 Å². The fraction of sp³-hybridized carbons (Fsp3) is 0.381. The molecule has 1 saturated heterocycles. The standard InChI is InChI=1S/C21H22F3N7O3S/c1-2-33-17(13-5-3-6-15(11-13)34-21(22,23)24)18(32)27-20-30-29-19(35-20)26-14-8-10-31(12-14)16-7-4-9-25-28-16/h3-7,9,11,14,17H,2,8,10,12H2,1H3,(H,26,29)(H,27,30,32)/t14-,17+/m1/s1. The molecule has 0 spiro atoms. The molecule has 0 saturated carbocycles. The lowest BCUT2D eigenvalue weighted by Crippen LogP contribution is -2.26. The van der Waals surface area contributed by atoms with Crippen molar-refractivity contribution in [3.8, 4) is 5.75 Å². The van der Waals surface area contributed by atoms with Gasteiger partial charge in [0.2, 0.25) is 10.3 Å². The van der Waals surface area contributed by atoms with Gasteiger partial charge in [-0.3, -0.25) is 10.1 Å².